The number of nitrogens with zero attached hydrogens (tertiary/aromatic N) is 9. The number of amides is 6. The molecule has 0 saturated carbocycles. The SMILES string of the molecule is COc1cc(-c2cn(C)c(=O)c(C)c2C)cc(Cl)c1CN1CCC(C2CCN(c3ccc(NC4CCC(=O)NC4=O)cc3F)CC2)CC1.COc1cc(-c2cn(C)c(=O)c(C)c2C)cc(F)c1CN1CCC(C2CCN(c3ccc(NC4CCC(=O)NC4=O)cc3F)CC2)CC1.Cc1c(-c2ccc(CN3CCC(C4CCN(c5ccc(NC6CCC(=O)NC6=O)cc5F)CC4)CC3)c(OC(F)(F)F)c2)cn(C)c(=O)c1C. The van der Waals surface area contributed by atoms with E-state index in [9.17, 15) is 56.3 Å². The highest BCUT2D eigenvalue weighted by atomic mass is 35.5. The quantitative estimate of drug-likeness (QED) is 0.0242. The topological polar surface area (TPSA) is 288 Å². The summed E-state index contributed by atoms with van der Waals surface area (Å²) in [5, 5.41) is 16.8. The molecule has 3 aromatic heterocycles. The van der Waals surface area contributed by atoms with E-state index < -0.39 is 30.4 Å². The summed E-state index contributed by atoms with van der Waals surface area (Å²) in [5.74, 6) is 1.10. The Kier molecular flexibility index (Phi) is 33.7. The van der Waals surface area contributed by atoms with Gasteiger partial charge in [0.1, 0.15) is 58.6 Å². The predicted octanol–water partition coefficient (Wildman–Crippen LogP) is 17.2. The number of aryl methyl sites for hydroxylation is 3. The van der Waals surface area contributed by atoms with E-state index in [0.717, 1.165) is 200 Å². The lowest BCUT2D eigenvalue weighted by Gasteiger charge is -2.41. The zero-order valence-corrected chi connectivity index (χ0v) is 85.7. The van der Waals surface area contributed by atoms with Crippen molar-refractivity contribution in [2.75, 3.05) is 123 Å². The largest absolute Gasteiger partial charge is 0.573 e. The minimum absolute atomic E-state index is 0.00154. The number of likely N-dealkylation sites (tertiary alicyclic amines) is 3. The molecular weight excluding hydrogens is 1900 g/mol. The Morgan fingerprint density at radius 2 is 0.651 bits per heavy atom. The zero-order chi connectivity index (χ0) is 104. The highest BCUT2D eigenvalue weighted by Gasteiger charge is 2.40. The Bertz CT molecular complexity index is 6310. The van der Waals surface area contributed by atoms with E-state index >= 15 is 17.6 Å². The lowest BCUT2D eigenvalue weighted by atomic mass is 9.78. The molecule has 6 aromatic carbocycles. The first-order valence-electron chi connectivity index (χ1n) is 51.0. The van der Waals surface area contributed by atoms with Gasteiger partial charge in [0.05, 0.1) is 31.3 Å². The molecule has 6 N–H and O–H groups in total. The summed E-state index contributed by atoms with van der Waals surface area (Å²) < 4.78 is 122. The van der Waals surface area contributed by atoms with Crippen molar-refractivity contribution in [3.63, 3.8) is 0 Å². The van der Waals surface area contributed by atoms with Gasteiger partial charge in [-0.2, -0.15) is 0 Å². The second-order valence-corrected chi connectivity index (χ2v) is 41.4. The van der Waals surface area contributed by atoms with Crippen molar-refractivity contribution in [2.45, 2.75) is 201 Å². The molecule has 0 bridgehead atoms. The minimum atomic E-state index is -4.85. The molecule has 780 valence electrons. The molecule has 9 aliphatic heterocycles. The molecule has 6 amide bonds. The van der Waals surface area contributed by atoms with Gasteiger partial charge in [-0.05, 0) is 331 Å². The molecule has 3 atom stereocenters. The first kappa shape index (κ1) is 106. The third-order valence-electron chi connectivity index (χ3n) is 32.0. The number of anilines is 6. The summed E-state index contributed by atoms with van der Waals surface area (Å²) in [4.78, 5) is 121. The van der Waals surface area contributed by atoms with Crippen molar-refractivity contribution in [3.05, 3.63) is 225 Å². The summed E-state index contributed by atoms with van der Waals surface area (Å²) in [6, 6.07) is 25.6. The Hall–Kier alpha value is -12.5. The number of carbonyl (C=O) groups is 6. The maximum Gasteiger partial charge on any atom is 0.573 e. The monoisotopic (exact) mass is 2040 g/mol. The van der Waals surface area contributed by atoms with Crippen LogP contribution in [0.3, 0.4) is 0 Å². The number of piperidine rings is 9. The number of aromatic nitrogens is 3. The summed E-state index contributed by atoms with van der Waals surface area (Å²) in [6.45, 7) is 22.4. The van der Waals surface area contributed by atoms with Gasteiger partial charge in [-0.25, -0.2) is 17.6 Å². The van der Waals surface area contributed by atoms with Crippen molar-refractivity contribution in [3.8, 4) is 50.6 Å². The molecule has 12 heterocycles. The van der Waals surface area contributed by atoms with Crippen LogP contribution < -0.4 is 77.5 Å². The lowest BCUT2D eigenvalue weighted by Crippen LogP contribution is -2.47. The van der Waals surface area contributed by atoms with Crippen LogP contribution in [0.25, 0.3) is 33.4 Å². The van der Waals surface area contributed by atoms with Crippen molar-refractivity contribution < 1.29 is 73.7 Å². The number of ether oxygens (including phenoxy) is 3. The van der Waals surface area contributed by atoms with Crippen LogP contribution in [0.5, 0.6) is 17.2 Å². The third-order valence-corrected chi connectivity index (χ3v) is 32.4. The first-order chi connectivity index (χ1) is 69.8. The van der Waals surface area contributed by atoms with Crippen molar-refractivity contribution in [2.24, 2.45) is 56.7 Å². The smallest absolute Gasteiger partial charge is 0.496 e. The number of benzene rings is 6. The lowest BCUT2D eigenvalue weighted by molar-refractivity contribution is -0.275. The molecule has 3 unspecified atom stereocenters. The standard InChI is InChI=1S/C37H45ClFN5O4.C37H43F4N5O4.C37H45F2N5O4/c1-22-23(2)37(47)42(3)20-28(22)26-17-30(38)29(34(18-26)48-4)21-43-13-9-24(10-14-43)25-11-15-44(16-12-25)33-7-5-27(19-31(33)39)40-32-6-8-35(45)41-36(32)46;1-22-23(2)36(49)44(3)21-29(22)26-4-5-27(33(18-26)50-37(39,40)41)20-45-14-10-24(11-15-45)25-12-16-46(17-13-25)32-8-6-28(19-30(32)38)42-31-7-9-34(47)43-35(31)48;1-22-23(2)37(47)42(3)20-28(22)26-17-30(38)29(34(18-26)48-4)21-43-13-9-24(10-14-43)25-11-15-44(16-12-25)33-7-5-27(19-31(33)39)40-32-6-8-35(45)41-36(32)46/h5,7,17-20,24-25,32,40H,6,8-16,21H2,1-4H3,(H,41,45,46);4-6,8,18-19,21,24-25,31,42H,7,9-17,20H2,1-3H3,(H,43,47,48);5,7,17-20,24-25,32,40H,6,8-16,21H2,1-4H3,(H,41,45,46). The molecule has 9 saturated heterocycles. The predicted molar refractivity (Wildman–Crippen MR) is 552 cm³/mol. The molecule has 146 heavy (non-hydrogen) atoms. The highest BCUT2D eigenvalue weighted by Crippen LogP contribution is 2.45. The van der Waals surface area contributed by atoms with Crippen LogP contribution in [0, 0.1) is 100 Å². The van der Waals surface area contributed by atoms with Gasteiger partial charge in [-0.15, -0.1) is 13.2 Å². The Morgan fingerprint density at radius 1 is 0.349 bits per heavy atom. The molecule has 0 radical (unpaired) electrons. The van der Waals surface area contributed by atoms with Crippen LogP contribution in [0.2, 0.25) is 5.02 Å². The number of carbonyl (C=O) groups excluding carboxylic acids is 6. The molecule has 9 aromatic rings. The molecule has 0 aliphatic carbocycles. The van der Waals surface area contributed by atoms with Gasteiger partial charge in [-0.3, -0.25) is 73.8 Å². The fourth-order valence-corrected chi connectivity index (χ4v) is 23.3. The average Bonchev–Trinajstić information content (AvgIpc) is 0.777. The molecule has 35 heteroatoms. The second-order valence-electron chi connectivity index (χ2n) is 41.0. The molecule has 27 nitrogen and oxygen atoms in total. The fraction of sp³-hybridized carbons (Fsp3) is 0.486. The van der Waals surface area contributed by atoms with E-state index in [4.69, 9.17) is 21.1 Å². The molecular formula is C111H133ClF7N15O12. The fourth-order valence-electron chi connectivity index (χ4n) is 23.0. The van der Waals surface area contributed by atoms with Gasteiger partial charge in [-0.1, -0.05) is 23.7 Å². The normalized spacial score (nSPS) is 19.8. The van der Waals surface area contributed by atoms with E-state index in [1.54, 1.807) is 122 Å². The first-order valence-corrected chi connectivity index (χ1v) is 51.4. The van der Waals surface area contributed by atoms with E-state index in [-0.39, 0.29) is 94.5 Å². The number of hydrogen-bond donors (Lipinski definition) is 6. The van der Waals surface area contributed by atoms with Gasteiger partial charge in [0.15, 0.2) is 0 Å². The van der Waals surface area contributed by atoms with Gasteiger partial charge < -0.3 is 58.6 Å². The van der Waals surface area contributed by atoms with Crippen molar-refractivity contribution >= 4 is 81.2 Å². The number of pyridine rings is 3. The Labute approximate surface area is 851 Å². The van der Waals surface area contributed by atoms with E-state index in [0.29, 0.717) is 164 Å². The van der Waals surface area contributed by atoms with Crippen LogP contribution in [-0.2, 0) is 69.5 Å². The molecule has 0 spiro atoms. The minimum Gasteiger partial charge on any atom is -0.496 e. The number of rotatable bonds is 24. The molecule has 18 rings (SSSR count). The average molecular weight is 2040 g/mol. The van der Waals surface area contributed by atoms with Gasteiger partial charge in [0.2, 0.25) is 35.4 Å². The van der Waals surface area contributed by atoms with E-state index in [1.807, 2.05) is 51.2 Å². The van der Waals surface area contributed by atoms with E-state index in [1.165, 1.54) is 33.4 Å². The second kappa shape index (κ2) is 46.3. The number of methoxy groups -OCH3 is 2. The van der Waals surface area contributed by atoms with Crippen molar-refractivity contribution in [1.29, 1.82) is 0 Å². The van der Waals surface area contributed by atoms with Crippen LogP contribution in [0.1, 0.15) is 166 Å². The zero-order valence-electron chi connectivity index (χ0n) is 84.9. The summed E-state index contributed by atoms with van der Waals surface area (Å²) >= 11 is 6.90. The van der Waals surface area contributed by atoms with Crippen molar-refractivity contribution in [1.82, 2.24) is 44.4 Å². The highest BCUT2D eigenvalue weighted by molar-refractivity contribution is 6.32. The van der Waals surface area contributed by atoms with Gasteiger partial charge >= 0.3 is 6.36 Å². The van der Waals surface area contributed by atoms with Gasteiger partial charge in [0, 0.05) is 190 Å². The Morgan fingerprint density at radius 3 is 0.973 bits per heavy atom. The number of halogens is 8. The Balaban J connectivity index is 0.000000157. The number of nitrogens with one attached hydrogen (secondary N) is 6. The number of hydrogen-bond acceptors (Lipinski definition) is 21. The summed E-state index contributed by atoms with van der Waals surface area (Å²) in [5.41, 5.74) is 14.1. The molecule has 9 fully saturated rings. The van der Waals surface area contributed by atoms with Crippen LogP contribution in [0.15, 0.2) is 130 Å². The number of imide groups is 3. The summed E-state index contributed by atoms with van der Waals surface area (Å²) in [7, 11) is 8.34. The third kappa shape index (κ3) is 25.0. The van der Waals surface area contributed by atoms with Gasteiger partial charge in [0.25, 0.3) is 16.7 Å². The maximum atomic E-state index is 15.6. The maximum absolute atomic E-state index is 15.6. The van der Waals surface area contributed by atoms with Crippen LogP contribution in [0.4, 0.5) is 64.9 Å². The van der Waals surface area contributed by atoms with E-state index in [2.05, 4.69) is 66.0 Å². The molecule has 9 aliphatic rings. The summed E-state index contributed by atoms with van der Waals surface area (Å²) in [6.07, 6.45) is 14.4. The van der Waals surface area contributed by atoms with Crippen LogP contribution >= 0.6 is 11.6 Å². The van der Waals surface area contributed by atoms with Crippen LogP contribution in [-0.4, -0.2) is 181 Å². The number of alkyl halides is 3.